The minimum atomic E-state index is -1.22. The van der Waals surface area contributed by atoms with E-state index in [1.54, 1.807) is 0 Å². The SMILES string of the molecule is CCCCCNCC(=O)C(O)CO.c1cnon1. The van der Waals surface area contributed by atoms with E-state index in [2.05, 4.69) is 27.2 Å². The van der Waals surface area contributed by atoms with Crippen molar-refractivity contribution in [3.63, 3.8) is 0 Å². The van der Waals surface area contributed by atoms with Crippen LogP contribution in [-0.2, 0) is 4.79 Å². The highest BCUT2D eigenvalue weighted by molar-refractivity contribution is 5.84. The molecular formula is C11H21N3O4. The average Bonchev–Trinajstić information content (AvgIpc) is 2.96. The first kappa shape index (κ1) is 16.7. The van der Waals surface area contributed by atoms with Gasteiger partial charge in [0.15, 0.2) is 5.78 Å². The molecule has 1 aromatic heterocycles. The number of carbonyl (C=O) groups excluding carboxylic acids is 1. The lowest BCUT2D eigenvalue weighted by Crippen LogP contribution is -2.34. The first-order valence-corrected chi connectivity index (χ1v) is 5.96. The summed E-state index contributed by atoms with van der Waals surface area (Å²) in [5, 5.41) is 26.7. The molecule has 0 aliphatic heterocycles. The third kappa shape index (κ3) is 9.88. The fraction of sp³-hybridized carbons (Fsp3) is 0.727. The first-order chi connectivity index (χ1) is 8.72. The second kappa shape index (κ2) is 12.2. The lowest BCUT2D eigenvalue weighted by Gasteiger charge is -2.06. The average molecular weight is 259 g/mol. The number of aliphatic hydroxyl groups excluding tert-OH is 2. The van der Waals surface area contributed by atoms with E-state index in [0.29, 0.717) is 0 Å². The maximum atomic E-state index is 10.9. The van der Waals surface area contributed by atoms with Crippen LogP contribution in [-0.4, -0.2) is 52.1 Å². The molecule has 0 fully saturated rings. The summed E-state index contributed by atoms with van der Waals surface area (Å²) in [6.45, 7) is 2.55. The van der Waals surface area contributed by atoms with Crippen LogP contribution in [0.2, 0.25) is 0 Å². The Morgan fingerprint density at radius 1 is 1.39 bits per heavy atom. The molecule has 1 aromatic rings. The molecule has 0 aromatic carbocycles. The van der Waals surface area contributed by atoms with Gasteiger partial charge in [-0.15, -0.1) is 0 Å². The number of unbranched alkanes of at least 4 members (excludes halogenated alkanes) is 2. The fourth-order valence-corrected chi connectivity index (χ4v) is 1.07. The van der Waals surface area contributed by atoms with Crippen LogP contribution in [0.4, 0.5) is 0 Å². The molecule has 0 spiro atoms. The zero-order valence-electron chi connectivity index (χ0n) is 10.6. The molecule has 18 heavy (non-hydrogen) atoms. The van der Waals surface area contributed by atoms with Crippen molar-refractivity contribution in [3.05, 3.63) is 12.4 Å². The topological polar surface area (TPSA) is 108 Å². The van der Waals surface area contributed by atoms with Crippen molar-refractivity contribution in [1.82, 2.24) is 15.6 Å². The van der Waals surface area contributed by atoms with Gasteiger partial charge in [0.1, 0.15) is 6.10 Å². The summed E-state index contributed by atoms with van der Waals surface area (Å²) in [4.78, 5) is 10.9. The molecule has 7 heteroatoms. The molecule has 0 amide bonds. The molecule has 1 unspecified atom stereocenters. The third-order valence-electron chi connectivity index (χ3n) is 2.08. The lowest BCUT2D eigenvalue weighted by atomic mass is 10.2. The summed E-state index contributed by atoms with van der Waals surface area (Å²) in [5.41, 5.74) is 0. The standard InChI is InChI=1S/C9H19NO3.C2H2N2O/c1-2-3-4-5-10-6-8(12)9(13)7-11;1-2-4-5-3-1/h9-11,13H,2-7H2,1H3;1-2H. The molecule has 1 rings (SSSR count). The van der Waals surface area contributed by atoms with Gasteiger partial charge in [-0.1, -0.05) is 30.1 Å². The van der Waals surface area contributed by atoms with Crippen LogP contribution in [0.3, 0.4) is 0 Å². The highest BCUT2D eigenvalue weighted by Gasteiger charge is 2.11. The smallest absolute Gasteiger partial charge is 0.177 e. The summed E-state index contributed by atoms with van der Waals surface area (Å²) >= 11 is 0. The largest absolute Gasteiger partial charge is 0.393 e. The highest BCUT2D eigenvalue weighted by Crippen LogP contribution is 1.91. The van der Waals surface area contributed by atoms with E-state index in [1.807, 2.05) is 0 Å². The van der Waals surface area contributed by atoms with E-state index in [0.717, 1.165) is 25.8 Å². The van der Waals surface area contributed by atoms with Crippen LogP contribution in [0.5, 0.6) is 0 Å². The van der Waals surface area contributed by atoms with E-state index < -0.39 is 12.7 Å². The van der Waals surface area contributed by atoms with Crippen molar-refractivity contribution < 1.29 is 19.6 Å². The Balaban J connectivity index is 0.000000473. The molecule has 1 atom stereocenters. The summed E-state index contributed by atoms with van der Waals surface area (Å²) in [6, 6.07) is 0. The molecular weight excluding hydrogens is 238 g/mol. The number of aromatic nitrogens is 2. The zero-order valence-corrected chi connectivity index (χ0v) is 10.6. The Morgan fingerprint density at radius 2 is 2.06 bits per heavy atom. The predicted molar refractivity (Wildman–Crippen MR) is 64.8 cm³/mol. The van der Waals surface area contributed by atoms with Crippen LogP contribution < -0.4 is 5.32 Å². The molecule has 0 aliphatic carbocycles. The molecule has 0 aliphatic rings. The predicted octanol–water partition coefficient (Wildman–Crippen LogP) is -0.242. The van der Waals surface area contributed by atoms with Crippen molar-refractivity contribution in [2.45, 2.75) is 32.3 Å². The van der Waals surface area contributed by atoms with Gasteiger partial charge in [-0.05, 0) is 13.0 Å². The summed E-state index contributed by atoms with van der Waals surface area (Å²) in [7, 11) is 0. The van der Waals surface area contributed by atoms with Gasteiger partial charge in [0.25, 0.3) is 0 Å². The number of hydrogen-bond acceptors (Lipinski definition) is 7. The van der Waals surface area contributed by atoms with Gasteiger partial charge in [0, 0.05) is 0 Å². The number of Topliss-reactive ketones (excluding diaryl/α,β-unsaturated/α-hetero) is 1. The van der Waals surface area contributed by atoms with Gasteiger partial charge in [0.2, 0.25) is 0 Å². The summed E-state index contributed by atoms with van der Waals surface area (Å²) < 4.78 is 4.08. The van der Waals surface area contributed by atoms with Crippen LogP contribution in [0.25, 0.3) is 0 Å². The Bertz CT molecular complexity index is 263. The molecule has 104 valence electrons. The zero-order chi connectivity index (χ0) is 13.6. The van der Waals surface area contributed by atoms with Gasteiger partial charge in [-0.3, -0.25) is 4.79 Å². The van der Waals surface area contributed by atoms with Crippen LogP contribution in [0.1, 0.15) is 26.2 Å². The van der Waals surface area contributed by atoms with Crippen molar-refractivity contribution >= 4 is 5.78 Å². The maximum Gasteiger partial charge on any atom is 0.177 e. The third-order valence-corrected chi connectivity index (χ3v) is 2.08. The van der Waals surface area contributed by atoms with Gasteiger partial charge in [-0.25, -0.2) is 4.63 Å². The number of nitrogens with zero attached hydrogens (tertiary/aromatic N) is 2. The minimum Gasteiger partial charge on any atom is -0.393 e. The summed E-state index contributed by atoms with van der Waals surface area (Å²) in [5.74, 6) is -0.348. The second-order valence-corrected chi connectivity index (χ2v) is 3.64. The maximum absolute atomic E-state index is 10.9. The van der Waals surface area contributed by atoms with Crippen molar-refractivity contribution in [2.24, 2.45) is 0 Å². The molecule has 0 radical (unpaired) electrons. The normalized spacial score (nSPS) is 11.5. The van der Waals surface area contributed by atoms with E-state index in [1.165, 1.54) is 12.4 Å². The molecule has 3 N–H and O–H groups in total. The highest BCUT2D eigenvalue weighted by atomic mass is 16.6. The quantitative estimate of drug-likeness (QED) is 0.553. The number of hydrogen-bond donors (Lipinski definition) is 3. The van der Waals surface area contributed by atoms with E-state index in [4.69, 9.17) is 10.2 Å². The lowest BCUT2D eigenvalue weighted by molar-refractivity contribution is -0.128. The molecule has 1 heterocycles. The van der Waals surface area contributed by atoms with Gasteiger partial charge >= 0.3 is 0 Å². The van der Waals surface area contributed by atoms with Crippen LogP contribution in [0.15, 0.2) is 17.0 Å². The Hall–Kier alpha value is -1.31. The van der Waals surface area contributed by atoms with Crippen LogP contribution in [0, 0.1) is 0 Å². The van der Waals surface area contributed by atoms with E-state index >= 15 is 0 Å². The molecule has 0 saturated heterocycles. The Labute approximate surface area is 106 Å². The van der Waals surface area contributed by atoms with Crippen molar-refractivity contribution in [3.8, 4) is 0 Å². The molecule has 7 nitrogen and oxygen atoms in total. The number of aliphatic hydroxyl groups is 2. The summed E-state index contributed by atoms with van der Waals surface area (Å²) in [6.07, 6.45) is 5.05. The van der Waals surface area contributed by atoms with Crippen LogP contribution >= 0.6 is 0 Å². The number of nitrogens with one attached hydrogen (secondary N) is 1. The molecule has 0 saturated carbocycles. The number of ketones is 1. The minimum absolute atomic E-state index is 0.144. The molecule has 0 bridgehead atoms. The van der Waals surface area contributed by atoms with Crippen molar-refractivity contribution in [2.75, 3.05) is 19.7 Å². The van der Waals surface area contributed by atoms with E-state index in [9.17, 15) is 4.79 Å². The van der Waals surface area contributed by atoms with Crippen molar-refractivity contribution in [1.29, 1.82) is 0 Å². The second-order valence-electron chi connectivity index (χ2n) is 3.64. The number of rotatable bonds is 8. The monoisotopic (exact) mass is 259 g/mol. The van der Waals surface area contributed by atoms with E-state index in [-0.39, 0.29) is 12.3 Å². The number of carbonyl (C=O) groups is 1. The van der Waals surface area contributed by atoms with Gasteiger partial charge in [-0.2, -0.15) is 0 Å². The Morgan fingerprint density at radius 3 is 2.50 bits per heavy atom. The Kier molecular flexibility index (Phi) is 11.3. The fourth-order valence-electron chi connectivity index (χ4n) is 1.07. The van der Waals surface area contributed by atoms with Gasteiger partial charge in [0.05, 0.1) is 25.5 Å². The van der Waals surface area contributed by atoms with Gasteiger partial charge < -0.3 is 15.5 Å². The first-order valence-electron chi connectivity index (χ1n) is 5.96.